The van der Waals surface area contributed by atoms with Crippen LogP contribution in [0.15, 0.2) is 36.5 Å². The highest BCUT2D eigenvalue weighted by molar-refractivity contribution is 6.30. The van der Waals surface area contributed by atoms with Gasteiger partial charge in [0, 0.05) is 16.6 Å². The van der Waals surface area contributed by atoms with Gasteiger partial charge in [-0.25, -0.2) is 9.97 Å². The third-order valence-corrected chi connectivity index (χ3v) is 3.67. The first kappa shape index (κ1) is 12.2. The minimum absolute atomic E-state index is 0.621. The van der Waals surface area contributed by atoms with Gasteiger partial charge in [0.05, 0.1) is 29.2 Å². The molecule has 0 aliphatic rings. The third-order valence-electron chi connectivity index (χ3n) is 3.44. The lowest BCUT2D eigenvalue weighted by molar-refractivity contribution is 0.416. The summed E-state index contributed by atoms with van der Waals surface area (Å²) in [6.07, 6.45) is 1.89. The largest absolute Gasteiger partial charge is 0.496 e. The highest BCUT2D eigenvalue weighted by Crippen LogP contribution is 2.32. The zero-order valence-electron chi connectivity index (χ0n) is 11.1. The predicted molar refractivity (Wildman–Crippen MR) is 82.7 cm³/mol. The minimum atomic E-state index is 0.621. The van der Waals surface area contributed by atoms with Gasteiger partial charge in [-0.05, 0) is 30.3 Å². The van der Waals surface area contributed by atoms with Gasteiger partial charge in [0.15, 0.2) is 5.82 Å². The van der Waals surface area contributed by atoms with Crippen LogP contribution in [0.4, 0.5) is 0 Å². The van der Waals surface area contributed by atoms with Crippen LogP contribution in [0.2, 0.25) is 5.02 Å². The van der Waals surface area contributed by atoms with E-state index in [4.69, 9.17) is 16.3 Å². The Morgan fingerprint density at radius 1 is 1.10 bits per heavy atom. The Morgan fingerprint density at radius 2 is 1.90 bits per heavy atom. The van der Waals surface area contributed by atoms with Crippen molar-refractivity contribution >= 4 is 33.5 Å². The highest BCUT2D eigenvalue weighted by Gasteiger charge is 2.13. The van der Waals surface area contributed by atoms with Crippen LogP contribution in [0.3, 0.4) is 0 Å². The van der Waals surface area contributed by atoms with E-state index < -0.39 is 0 Å². The highest BCUT2D eigenvalue weighted by atomic mass is 35.5. The molecule has 0 aliphatic heterocycles. The van der Waals surface area contributed by atoms with E-state index in [1.807, 2.05) is 24.4 Å². The monoisotopic (exact) mass is 298 g/mol. The van der Waals surface area contributed by atoms with E-state index >= 15 is 0 Å². The van der Waals surface area contributed by atoms with E-state index in [9.17, 15) is 0 Å². The van der Waals surface area contributed by atoms with Crippen molar-refractivity contribution in [3.8, 4) is 17.1 Å². The summed E-state index contributed by atoms with van der Waals surface area (Å²) in [5.41, 5.74) is 3.51. The lowest BCUT2D eigenvalue weighted by Gasteiger charge is -2.05. The summed E-state index contributed by atoms with van der Waals surface area (Å²) in [6, 6.07) is 9.41. The van der Waals surface area contributed by atoms with Gasteiger partial charge in [0.25, 0.3) is 0 Å². The molecule has 0 atom stereocenters. The number of H-pyrrole nitrogens is 2. The molecule has 5 nitrogen and oxygen atoms in total. The zero-order chi connectivity index (χ0) is 14.4. The lowest BCUT2D eigenvalue weighted by atomic mass is 10.2. The molecular weight excluding hydrogens is 288 g/mol. The summed E-state index contributed by atoms with van der Waals surface area (Å²) >= 11 is 5.99. The average molecular weight is 299 g/mol. The number of fused-ring (bicyclic) bond motifs is 2. The number of methoxy groups -OCH3 is 1. The lowest BCUT2D eigenvalue weighted by Crippen LogP contribution is -1.89. The minimum Gasteiger partial charge on any atom is -0.496 e. The molecule has 2 aromatic heterocycles. The van der Waals surface area contributed by atoms with Gasteiger partial charge >= 0.3 is 0 Å². The maximum Gasteiger partial charge on any atom is 0.164 e. The van der Waals surface area contributed by atoms with Crippen LogP contribution >= 0.6 is 11.6 Å². The fourth-order valence-corrected chi connectivity index (χ4v) is 2.58. The van der Waals surface area contributed by atoms with Crippen LogP contribution < -0.4 is 4.74 Å². The van der Waals surface area contributed by atoms with Crippen LogP contribution in [0.1, 0.15) is 0 Å². The number of nitrogens with zero attached hydrogens (tertiary/aromatic N) is 2. The number of aromatic nitrogens is 4. The maximum absolute atomic E-state index is 5.99. The molecule has 0 fully saturated rings. The Balaban J connectivity index is 1.94. The van der Waals surface area contributed by atoms with Gasteiger partial charge in [0.2, 0.25) is 0 Å². The summed E-state index contributed by atoms with van der Waals surface area (Å²) < 4.78 is 5.36. The van der Waals surface area contributed by atoms with Gasteiger partial charge in [-0.3, -0.25) is 0 Å². The van der Waals surface area contributed by atoms with Crippen LogP contribution in [-0.2, 0) is 0 Å². The molecule has 0 unspecified atom stereocenters. The molecule has 0 aliphatic carbocycles. The van der Waals surface area contributed by atoms with Crippen molar-refractivity contribution in [2.24, 2.45) is 0 Å². The number of aromatic amines is 2. The first-order valence-corrected chi connectivity index (χ1v) is 6.79. The van der Waals surface area contributed by atoms with E-state index in [1.165, 1.54) is 0 Å². The third kappa shape index (κ3) is 1.94. The van der Waals surface area contributed by atoms with Gasteiger partial charge in [-0.15, -0.1) is 0 Å². The normalized spacial score (nSPS) is 11.3. The first-order valence-electron chi connectivity index (χ1n) is 6.42. The van der Waals surface area contributed by atoms with Gasteiger partial charge in [-0.2, -0.15) is 0 Å². The Kier molecular flexibility index (Phi) is 2.62. The molecule has 21 heavy (non-hydrogen) atoms. The number of ether oxygens (including phenoxy) is 1. The number of hydrogen-bond acceptors (Lipinski definition) is 3. The first-order chi connectivity index (χ1) is 10.2. The fourth-order valence-electron chi connectivity index (χ4n) is 2.41. The Hall–Kier alpha value is -2.53. The quantitative estimate of drug-likeness (QED) is 0.592. The molecule has 2 N–H and O–H groups in total. The van der Waals surface area contributed by atoms with Gasteiger partial charge in [-0.1, -0.05) is 11.6 Å². The molecule has 104 valence electrons. The molecule has 0 bridgehead atoms. The number of halogens is 1. The van der Waals surface area contributed by atoms with Gasteiger partial charge < -0.3 is 14.9 Å². The summed E-state index contributed by atoms with van der Waals surface area (Å²) in [6.45, 7) is 0. The number of rotatable bonds is 2. The van der Waals surface area contributed by atoms with Crippen LogP contribution in [-0.4, -0.2) is 27.3 Å². The van der Waals surface area contributed by atoms with Crippen molar-refractivity contribution in [2.45, 2.75) is 0 Å². The van der Waals surface area contributed by atoms with Crippen molar-refractivity contribution in [3.05, 3.63) is 41.6 Å². The Bertz CT molecular complexity index is 909. The predicted octanol–water partition coefficient (Wildman–Crippen LogP) is 3.77. The molecule has 0 spiro atoms. The number of nitrogens with one attached hydrogen (secondary N) is 2. The van der Waals surface area contributed by atoms with Crippen molar-refractivity contribution in [2.75, 3.05) is 7.11 Å². The molecule has 4 aromatic rings. The second-order valence-electron chi connectivity index (χ2n) is 4.73. The standard InChI is InChI=1S/C15H11ClN4O/c1-21-14-5-9(16)2-3-10(14)15-18-12-4-8-7-17-20-11(8)6-13(12)19-15/h2-7,17,20H,1H3. The summed E-state index contributed by atoms with van der Waals surface area (Å²) in [5.74, 6) is 1.30. The number of imidazole rings is 1. The van der Waals surface area contributed by atoms with E-state index in [1.54, 1.807) is 19.2 Å². The van der Waals surface area contributed by atoms with Crippen LogP contribution in [0.5, 0.6) is 5.75 Å². The molecule has 0 amide bonds. The average Bonchev–Trinajstić information content (AvgIpc) is 3.09. The van der Waals surface area contributed by atoms with E-state index in [-0.39, 0.29) is 0 Å². The van der Waals surface area contributed by atoms with Crippen LogP contribution in [0.25, 0.3) is 33.3 Å². The summed E-state index contributed by atoms with van der Waals surface area (Å²) in [5, 5.41) is 7.70. The Morgan fingerprint density at radius 3 is 2.71 bits per heavy atom. The molecule has 0 saturated carbocycles. The van der Waals surface area contributed by atoms with Crippen molar-refractivity contribution in [1.29, 1.82) is 0 Å². The topological polar surface area (TPSA) is 66.6 Å². The SMILES string of the molecule is COc1cc(Cl)ccc1-c1nc2cc3c[nH][nH]c3cc2n1. The summed E-state index contributed by atoms with van der Waals surface area (Å²) in [7, 11) is 1.61. The second kappa shape index (κ2) is 4.49. The van der Waals surface area contributed by atoms with E-state index in [2.05, 4.69) is 20.2 Å². The van der Waals surface area contributed by atoms with Crippen molar-refractivity contribution in [1.82, 2.24) is 20.2 Å². The molecule has 0 saturated heterocycles. The van der Waals surface area contributed by atoms with Crippen molar-refractivity contribution < 1.29 is 4.74 Å². The maximum atomic E-state index is 5.99. The van der Waals surface area contributed by atoms with E-state index in [0.717, 1.165) is 27.5 Å². The molecule has 2 aromatic carbocycles. The van der Waals surface area contributed by atoms with Crippen molar-refractivity contribution in [3.63, 3.8) is 0 Å². The molecule has 4 rings (SSSR count). The number of benzene rings is 2. The van der Waals surface area contributed by atoms with Gasteiger partial charge in [0.1, 0.15) is 5.75 Å². The molecule has 0 radical (unpaired) electrons. The Labute approximate surface area is 124 Å². The zero-order valence-corrected chi connectivity index (χ0v) is 11.9. The van der Waals surface area contributed by atoms with E-state index in [0.29, 0.717) is 16.6 Å². The van der Waals surface area contributed by atoms with Crippen LogP contribution in [0, 0.1) is 0 Å². The number of hydrogen-bond donors (Lipinski definition) is 2. The molecule has 6 heteroatoms. The molecule has 2 heterocycles. The summed E-state index contributed by atoms with van der Waals surface area (Å²) in [4.78, 5) is 9.17. The molecular formula is C15H11ClN4O. The second-order valence-corrected chi connectivity index (χ2v) is 5.17. The smallest absolute Gasteiger partial charge is 0.164 e. The fraction of sp³-hybridized carbons (Fsp3) is 0.0667.